The first-order chi connectivity index (χ1) is 15.2. The van der Waals surface area contributed by atoms with E-state index in [2.05, 4.69) is 40.7 Å². The lowest BCUT2D eigenvalue weighted by Crippen LogP contribution is -2.20. The summed E-state index contributed by atoms with van der Waals surface area (Å²) in [6, 6.07) is 7.62. The van der Waals surface area contributed by atoms with Crippen LogP contribution in [0.5, 0.6) is 0 Å². The van der Waals surface area contributed by atoms with Gasteiger partial charge in [0.2, 0.25) is 0 Å². The number of aryl methyl sites for hydroxylation is 3. The number of benzene rings is 1. The molecule has 2 aromatic heterocycles. The largest absolute Gasteiger partial charge is 0.454 e. The molecule has 32 heavy (non-hydrogen) atoms. The first-order valence-electron chi connectivity index (χ1n) is 12.0. The summed E-state index contributed by atoms with van der Waals surface area (Å²) in [5, 5.41) is 1.12. The number of unbranched alkanes of at least 4 members (excludes halogenated alkanes) is 3. The van der Waals surface area contributed by atoms with Crippen molar-refractivity contribution < 1.29 is 9.21 Å². The van der Waals surface area contributed by atoms with Crippen LogP contribution in [0.25, 0.3) is 22.4 Å². The summed E-state index contributed by atoms with van der Waals surface area (Å²) in [5.41, 5.74) is 3.86. The number of hydrogen-bond acceptors (Lipinski definition) is 3. The molecule has 4 nitrogen and oxygen atoms in total. The molecule has 0 bridgehead atoms. The van der Waals surface area contributed by atoms with Gasteiger partial charge < -0.3 is 8.98 Å². The molecule has 0 amide bonds. The van der Waals surface area contributed by atoms with Crippen molar-refractivity contribution >= 4 is 16.8 Å². The van der Waals surface area contributed by atoms with Crippen LogP contribution < -0.4 is 5.43 Å². The third-order valence-corrected chi connectivity index (χ3v) is 5.31. The average molecular weight is 438 g/mol. The van der Waals surface area contributed by atoms with Gasteiger partial charge in [0.1, 0.15) is 5.58 Å². The van der Waals surface area contributed by atoms with Crippen LogP contribution in [0.1, 0.15) is 88.7 Å². The second kappa shape index (κ2) is 11.8. The lowest BCUT2D eigenvalue weighted by atomic mass is 10.00. The molecule has 1 aliphatic rings. The SMILES string of the molecule is CC(=O)c1cn2c(cc1=O)-c1oc3c(C)cccc3c1CC2.CC(C)C.CCCCCC. The molecule has 3 aromatic rings. The number of nitrogens with zero attached hydrogens (tertiary/aromatic N) is 1. The predicted octanol–water partition coefficient (Wildman–Crippen LogP) is 7.58. The molecule has 4 heteroatoms. The van der Waals surface area contributed by atoms with E-state index in [4.69, 9.17) is 4.42 Å². The molecule has 0 saturated heterocycles. The van der Waals surface area contributed by atoms with Gasteiger partial charge in [0.15, 0.2) is 17.0 Å². The van der Waals surface area contributed by atoms with Crippen LogP contribution >= 0.6 is 0 Å². The molecule has 0 atom stereocenters. The molecule has 0 spiro atoms. The van der Waals surface area contributed by atoms with E-state index >= 15 is 0 Å². The van der Waals surface area contributed by atoms with Crippen molar-refractivity contribution in [3.8, 4) is 11.5 Å². The Kier molecular flexibility index (Phi) is 9.49. The van der Waals surface area contributed by atoms with E-state index in [0.717, 1.165) is 52.4 Å². The number of Topliss-reactive ketones (excluding diaryl/α,β-unsaturated/α-hetero) is 1. The fourth-order valence-electron chi connectivity index (χ4n) is 3.72. The van der Waals surface area contributed by atoms with E-state index in [1.54, 1.807) is 6.20 Å². The smallest absolute Gasteiger partial charge is 0.193 e. The van der Waals surface area contributed by atoms with Crippen LogP contribution in [0, 0.1) is 12.8 Å². The Morgan fingerprint density at radius 1 is 1.12 bits per heavy atom. The zero-order valence-electron chi connectivity index (χ0n) is 20.9. The second-order valence-corrected chi connectivity index (χ2v) is 9.24. The molecule has 0 N–H and O–H groups in total. The molecule has 3 heterocycles. The Balaban J connectivity index is 0.000000308. The van der Waals surface area contributed by atoms with E-state index in [1.807, 2.05) is 23.6 Å². The molecule has 0 saturated carbocycles. The topological polar surface area (TPSA) is 52.2 Å². The number of rotatable bonds is 4. The van der Waals surface area contributed by atoms with Crippen molar-refractivity contribution in [1.82, 2.24) is 4.57 Å². The number of carbonyl (C=O) groups is 1. The van der Waals surface area contributed by atoms with Crippen LogP contribution in [-0.4, -0.2) is 10.4 Å². The molecular formula is C28H39NO3. The first-order valence-corrected chi connectivity index (χ1v) is 12.0. The highest BCUT2D eigenvalue weighted by Gasteiger charge is 2.24. The van der Waals surface area contributed by atoms with E-state index in [9.17, 15) is 9.59 Å². The normalized spacial score (nSPS) is 11.8. The molecule has 0 unspecified atom stereocenters. The van der Waals surface area contributed by atoms with Gasteiger partial charge in [-0.2, -0.15) is 0 Å². The Morgan fingerprint density at radius 2 is 1.75 bits per heavy atom. The summed E-state index contributed by atoms with van der Waals surface area (Å²) in [6.45, 7) is 15.1. The number of ketones is 1. The van der Waals surface area contributed by atoms with E-state index in [0.29, 0.717) is 0 Å². The highest BCUT2D eigenvalue weighted by atomic mass is 16.3. The highest BCUT2D eigenvalue weighted by molar-refractivity contribution is 5.94. The summed E-state index contributed by atoms with van der Waals surface area (Å²) in [4.78, 5) is 23.7. The number of pyridine rings is 1. The van der Waals surface area contributed by atoms with Gasteiger partial charge in [-0.1, -0.05) is 78.5 Å². The second-order valence-electron chi connectivity index (χ2n) is 9.24. The van der Waals surface area contributed by atoms with Crippen molar-refractivity contribution in [3.63, 3.8) is 0 Å². The Hall–Kier alpha value is -2.62. The van der Waals surface area contributed by atoms with Gasteiger partial charge in [-0.3, -0.25) is 9.59 Å². The van der Waals surface area contributed by atoms with Crippen molar-refractivity contribution in [2.45, 2.75) is 87.1 Å². The van der Waals surface area contributed by atoms with E-state index in [-0.39, 0.29) is 16.8 Å². The van der Waals surface area contributed by atoms with Gasteiger partial charge >= 0.3 is 0 Å². The minimum atomic E-state index is -0.247. The maximum atomic E-state index is 12.1. The van der Waals surface area contributed by atoms with Crippen molar-refractivity contribution in [2.75, 3.05) is 0 Å². The summed E-state index contributed by atoms with van der Waals surface area (Å²) in [6.07, 6.45) is 8.02. The number of carbonyl (C=O) groups excluding carboxylic acids is 1. The molecular weight excluding hydrogens is 398 g/mol. The number of fused-ring (bicyclic) bond motifs is 5. The highest BCUT2D eigenvalue weighted by Crippen LogP contribution is 2.37. The number of furan rings is 1. The average Bonchev–Trinajstić information content (AvgIpc) is 3.12. The zero-order valence-corrected chi connectivity index (χ0v) is 20.9. The molecule has 1 aromatic carbocycles. The van der Waals surface area contributed by atoms with Crippen molar-refractivity contribution in [3.05, 3.63) is 57.4 Å². The van der Waals surface area contributed by atoms with Gasteiger partial charge in [-0.15, -0.1) is 0 Å². The number of para-hydroxylation sites is 1. The van der Waals surface area contributed by atoms with Crippen LogP contribution in [0.2, 0.25) is 0 Å². The van der Waals surface area contributed by atoms with Crippen molar-refractivity contribution in [2.24, 2.45) is 5.92 Å². The van der Waals surface area contributed by atoms with Gasteiger partial charge in [0.25, 0.3) is 0 Å². The molecule has 0 fully saturated rings. The lowest BCUT2D eigenvalue weighted by Gasteiger charge is -2.18. The Morgan fingerprint density at radius 3 is 2.31 bits per heavy atom. The van der Waals surface area contributed by atoms with Crippen LogP contribution in [0.3, 0.4) is 0 Å². The minimum absolute atomic E-state index is 0.202. The Labute approximate surface area is 192 Å². The number of aromatic nitrogens is 1. The van der Waals surface area contributed by atoms with Crippen LogP contribution in [0.4, 0.5) is 0 Å². The van der Waals surface area contributed by atoms with Crippen LogP contribution in [0.15, 0.2) is 39.7 Å². The Bertz CT molecular complexity index is 1100. The fourth-order valence-corrected chi connectivity index (χ4v) is 3.72. The quantitative estimate of drug-likeness (QED) is 0.312. The molecule has 174 valence electrons. The molecule has 4 rings (SSSR count). The third-order valence-electron chi connectivity index (χ3n) is 5.31. The molecule has 0 aliphatic carbocycles. The fraction of sp³-hybridized carbons (Fsp3) is 0.500. The first kappa shape index (κ1) is 25.6. The molecule has 1 aliphatic heterocycles. The summed E-state index contributed by atoms with van der Waals surface area (Å²) in [5.74, 6) is 1.38. The van der Waals surface area contributed by atoms with Gasteiger partial charge in [-0.25, -0.2) is 0 Å². The summed E-state index contributed by atoms with van der Waals surface area (Å²) < 4.78 is 8.00. The molecule has 0 radical (unpaired) electrons. The van der Waals surface area contributed by atoms with Gasteiger partial charge in [0.05, 0.1) is 11.3 Å². The zero-order chi connectivity index (χ0) is 23.8. The standard InChI is InChI=1S/C18H15NO3.C6H14.C4H10/c1-10-4-3-5-12-13-6-7-19-9-14(11(2)20)16(21)8-15(19)18(13)22-17(10)12;1-3-5-6-4-2;1-4(2)3/h3-5,8-9H,6-7H2,1-2H3;3-6H2,1-2H3;4H,1-3H3. The van der Waals surface area contributed by atoms with Gasteiger partial charge in [0, 0.05) is 29.8 Å². The summed E-state index contributed by atoms with van der Waals surface area (Å²) >= 11 is 0. The van der Waals surface area contributed by atoms with Gasteiger partial charge in [-0.05, 0) is 31.7 Å². The van der Waals surface area contributed by atoms with E-state index < -0.39 is 0 Å². The van der Waals surface area contributed by atoms with Crippen LogP contribution in [-0.2, 0) is 13.0 Å². The summed E-state index contributed by atoms with van der Waals surface area (Å²) in [7, 11) is 0. The lowest BCUT2D eigenvalue weighted by molar-refractivity contribution is 0.101. The maximum Gasteiger partial charge on any atom is 0.193 e. The maximum absolute atomic E-state index is 12.1. The minimum Gasteiger partial charge on any atom is -0.454 e. The van der Waals surface area contributed by atoms with E-state index in [1.165, 1.54) is 38.7 Å². The predicted molar refractivity (Wildman–Crippen MR) is 135 cm³/mol. The monoisotopic (exact) mass is 437 g/mol. The third kappa shape index (κ3) is 6.21. The van der Waals surface area contributed by atoms with Crippen molar-refractivity contribution in [1.29, 1.82) is 0 Å². The number of hydrogen-bond donors (Lipinski definition) is 0.